The van der Waals surface area contributed by atoms with Gasteiger partial charge >= 0.3 is 0 Å². The number of hydrogen-bond donors (Lipinski definition) is 0. The van der Waals surface area contributed by atoms with E-state index in [9.17, 15) is 0 Å². The van der Waals surface area contributed by atoms with E-state index in [1.165, 1.54) is 25.7 Å². The largest absolute Gasteiger partial charge is 0.0617 e. The highest BCUT2D eigenvalue weighted by Gasteiger charge is 2.47. The van der Waals surface area contributed by atoms with Crippen LogP contribution in [0.25, 0.3) is 0 Å². The van der Waals surface area contributed by atoms with Crippen molar-refractivity contribution in [2.24, 2.45) is 23.7 Å². The van der Waals surface area contributed by atoms with Crippen molar-refractivity contribution in [2.75, 3.05) is 0 Å². The summed E-state index contributed by atoms with van der Waals surface area (Å²) in [6.45, 7) is 0. The molecule has 0 nitrogen and oxygen atoms in total. The highest BCUT2D eigenvalue weighted by molar-refractivity contribution is 5.57. The second-order valence-corrected chi connectivity index (χ2v) is 6.22. The first-order valence-corrected chi connectivity index (χ1v) is 6.74. The Bertz CT molecular complexity index is 500. The van der Waals surface area contributed by atoms with E-state index in [2.05, 4.69) is 24.3 Å². The van der Waals surface area contributed by atoms with Gasteiger partial charge in [-0.1, -0.05) is 24.3 Å². The predicted octanol–water partition coefficient (Wildman–Crippen LogP) is 3.79. The standard InChI is InChI=1S/C16H16/c1-2-13-9-4-11(5-9)15(13)8-16-12-6-10(7-12)14(16)3-1/h1-3,8-12H,4-7H2/b2-1-,3-1?,13-2?,14-3-,15-8?,16-8-. The Morgan fingerprint density at radius 2 is 1.44 bits per heavy atom. The molecule has 0 aliphatic heterocycles. The van der Waals surface area contributed by atoms with Gasteiger partial charge in [0.25, 0.3) is 0 Å². The maximum atomic E-state index is 2.60. The van der Waals surface area contributed by atoms with Gasteiger partial charge in [0.2, 0.25) is 0 Å². The van der Waals surface area contributed by atoms with Crippen LogP contribution >= 0.6 is 0 Å². The molecule has 16 heavy (non-hydrogen) atoms. The Balaban J connectivity index is 1.72. The van der Waals surface area contributed by atoms with Crippen LogP contribution in [-0.4, -0.2) is 0 Å². The molecule has 0 saturated heterocycles. The predicted molar refractivity (Wildman–Crippen MR) is 64.8 cm³/mol. The minimum Gasteiger partial charge on any atom is -0.0617 e. The molecule has 7 rings (SSSR count). The summed E-state index contributed by atoms with van der Waals surface area (Å²) in [6, 6.07) is 0. The van der Waals surface area contributed by atoms with Crippen molar-refractivity contribution in [1.82, 2.24) is 0 Å². The summed E-state index contributed by atoms with van der Waals surface area (Å²) in [6.07, 6.45) is 15.5. The summed E-state index contributed by atoms with van der Waals surface area (Å²) in [5, 5.41) is 0. The lowest BCUT2D eigenvalue weighted by Gasteiger charge is -2.25. The molecule has 4 saturated carbocycles. The maximum absolute atomic E-state index is 2.60. The number of hydrogen-bond acceptors (Lipinski definition) is 0. The van der Waals surface area contributed by atoms with Gasteiger partial charge in [-0.2, -0.15) is 0 Å². The molecule has 0 spiro atoms. The minimum absolute atomic E-state index is 0.916. The fourth-order valence-electron chi connectivity index (χ4n) is 4.48. The van der Waals surface area contributed by atoms with E-state index >= 15 is 0 Å². The Morgan fingerprint density at radius 1 is 0.750 bits per heavy atom. The third-order valence-corrected chi connectivity index (χ3v) is 5.56. The smallest absolute Gasteiger partial charge is 0.0147 e. The van der Waals surface area contributed by atoms with E-state index in [0.717, 1.165) is 23.7 Å². The molecule has 0 heterocycles. The van der Waals surface area contributed by atoms with Gasteiger partial charge in [0.1, 0.15) is 0 Å². The van der Waals surface area contributed by atoms with Crippen molar-refractivity contribution in [3.8, 4) is 0 Å². The summed E-state index contributed by atoms with van der Waals surface area (Å²) >= 11 is 0. The lowest BCUT2D eigenvalue weighted by Crippen LogP contribution is -2.15. The van der Waals surface area contributed by atoms with Gasteiger partial charge in [-0.25, -0.2) is 0 Å². The Kier molecular flexibility index (Phi) is 1.24. The van der Waals surface area contributed by atoms with Gasteiger partial charge in [-0.3, -0.25) is 0 Å². The van der Waals surface area contributed by atoms with Crippen molar-refractivity contribution in [3.63, 3.8) is 0 Å². The zero-order valence-corrected chi connectivity index (χ0v) is 9.45. The van der Waals surface area contributed by atoms with Crippen molar-refractivity contribution in [1.29, 1.82) is 0 Å². The van der Waals surface area contributed by atoms with Gasteiger partial charge in [0.15, 0.2) is 0 Å². The summed E-state index contributed by atoms with van der Waals surface area (Å²) in [5.41, 5.74) is 6.79. The fraction of sp³-hybridized carbons (Fsp3) is 0.500. The van der Waals surface area contributed by atoms with E-state index in [-0.39, 0.29) is 0 Å². The van der Waals surface area contributed by atoms with Crippen LogP contribution in [0.1, 0.15) is 25.7 Å². The van der Waals surface area contributed by atoms with Crippen molar-refractivity contribution in [3.05, 3.63) is 46.6 Å². The molecule has 4 fully saturated rings. The first-order valence-electron chi connectivity index (χ1n) is 6.74. The van der Waals surface area contributed by atoms with Crippen LogP contribution in [0.15, 0.2) is 46.6 Å². The average Bonchev–Trinajstić information content (AvgIpc) is 2.76. The minimum atomic E-state index is 0.916. The second-order valence-electron chi connectivity index (χ2n) is 6.22. The normalized spacial score (nSPS) is 54.5. The summed E-state index contributed by atoms with van der Waals surface area (Å²) in [4.78, 5) is 0. The van der Waals surface area contributed by atoms with Gasteiger partial charge in [0.05, 0.1) is 0 Å². The summed E-state index contributed by atoms with van der Waals surface area (Å²) in [5.74, 6) is 3.68. The average molecular weight is 208 g/mol. The molecule has 4 bridgehead atoms. The van der Waals surface area contributed by atoms with Crippen LogP contribution in [-0.2, 0) is 0 Å². The van der Waals surface area contributed by atoms with Crippen molar-refractivity contribution < 1.29 is 0 Å². The SMILES string of the molecule is C1=C/C2=C(\C=C3/C(=C\1)C1CC3C1)C1CC2C1. The molecule has 0 N–H and O–H groups in total. The van der Waals surface area contributed by atoms with E-state index in [4.69, 9.17) is 0 Å². The maximum Gasteiger partial charge on any atom is -0.0147 e. The molecular weight excluding hydrogens is 192 g/mol. The second kappa shape index (κ2) is 2.45. The first-order chi connectivity index (χ1) is 7.90. The molecule has 0 atom stereocenters. The van der Waals surface area contributed by atoms with Crippen molar-refractivity contribution >= 4 is 0 Å². The molecule has 80 valence electrons. The lowest BCUT2D eigenvalue weighted by atomic mass is 9.79. The molecule has 7 aliphatic rings. The Morgan fingerprint density at radius 3 is 2.31 bits per heavy atom. The van der Waals surface area contributed by atoms with Crippen LogP contribution in [0.2, 0.25) is 0 Å². The molecule has 0 unspecified atom stereocenters. The van der Waals surface area contributed by atoms with Gasteiger partial charge in [-0.05, 0) is 71.6 Å². The molecule has 0 radical (unpaired) electrons. The van der Waals surface area contributed by atoms with Gasteiger partial charge in [0, 0.05) is 0 Å². The zero-order valence-electron chi connectivity index (χ0n) is 9.45. The van der Waals surface area contributed by atoms with E-state index in [1.807, 2.05) is 0 Å². The van der Waals surface area contributed by atoms with Gasteiger partial charge in [-0.15, -0.1) is 0 Å². The first kappa shape index (κ1) is 8.11. The monoisotopic (exact) mass is 208 g/mol. The Labute approximate surface area is 96.4 Å². The number of allylic oxidation sites excluding steroid dienone is 8. The topological polar surface area (TPSA) is 0 Å². The third kappa shape index (κ3) is 0.773. The van der Waals surface area contributed by atoms with E-state index in [1.54, 1.807) is 22.3 Å². The molecule has 0 heteroatoms. The van der Waals surface area contributed by atoms with Crippen LogP contribution in [0.4, 0.5) is 0 Å². The lowest BCUT2D eigenvalue weighted by molar-refractivity contribution is 0.320. The molecule has 7 aliphatic carbocycles. The molecule has 0 aromatic heterocycles. The Hall–Kier alpha value is -1.04. The van der Waals surface area contributed by atoms with Crippen LogP contribution in [0, 0.1) is 23.7 Å². The quantitative estimate of drug-likeness (QED) is 0.568. The van der Waals surface area contributed by atoms with E-state index in [0.29, 0.717) is 0 Å². The summed E-state index contributed by atoms with van der Waals surface area (Å²) < 4.78 is 0. The van der Waals surface area contributed by atoms with Gasteiger partial charge < -0.3 is 0 Å². The molecule has 0 aromatic rings. The van der Waals surface area contributed by atoms with Crippen LogP contribution < -0.4 is 0 Å². The number of rotatable bonds is 0. The highest BCUT2D eigenvalue weighted by Crippen LogP contribution is 2.59. The third-order valence-electron chi connectivity index (χ3n) is 5.56. The van der Waals surface area contributed by atoms with Crippen LogP contribution in [0.5, 0.6) is 0 Å². The zero-order chi connectivity index (χ0) is 10.3. The fourth-order valence-corrected chi connectivity index (χ4v) is 4.48. The molecule has 0 aromatic carbocycles. The van der Waals surface area contributed by atoms with Crippen LogP contribution in [0.3, 0.4) is 0 Å². The molecule has 0 amide bonds. The van der Waals surface area contributed by atoms with E-state index < -0.39 is 0 Å². The molecular formula is C16H16. The summed E-state index contributed by atoms with van der Waals surface area (Å²) in [7, 11) is 0. The highest BCUT2D eigenvalue weighted by atomic mass is 14.5. The van der Waals surface area contributed by atoms with Crippen molar-refractivity contribution in [2.45, 2.75) is 25.7 Å².